The zero-order valence-corrected chi connectivity index (χ0v) is 17.1. The summed E-state index contributed by atoms with van der Waals surface area (Å²) in [6.45, 7) is 0. The molecule has 1 N–H and O–H groups in total. The standard InChI is InChI=1S/C22H24ClF3O4/c23-18-10-9-15(22(24,25)26)13-17(18)20(28)12-8-14-7-11-19(27)16(14)5-3-1-2-4-6-21(29)30/h8-10,12-14,16H,1-7,11H2,(H,29,30)/b12-8+. The number of alkyl halides is 3. The summed E-state index contributed by atoms with van der Waals surface area (Å²) < 4.78 is 38.7. The number of Topliss-reactive ketones (excluding diaryl/α,β-unsaturated/α-hetero) is 1. The highest BCUT2D eigenvalue weighted by Crippen LogP contribution is 2.35. The number of carbonyl (C=O) groups excluding carboxylic acids is 2. The molecule has 2 rings (SSSR count). The molecule has 4 nitrogen and oxygen atoms in total. The van der Waals surface area contributed by atoms with Crippen molar-refractivity contribution in [2.45, 2.75) is 57.5 Å². The highest BCUT2D eigenvalue weighted by molar-refractivity contribution is 6.34. The minimum Gasteiger partial charge on any atom is -0.481 e. The summed E-state index contributed by atoms with van der Waals surface area (Å²) in [5, 5.41) is 8.57. The van der Waals surface area contributed by atoms with E-state index in [1.807, 2.05) is 0 Å². The maximum atomic E-state index is 12.9. The minimum atomic E-state index is -4.57. The van der Waals surface area contributed by atoms with Gasteiger partial charge in [0.2, 0.25) is 0 Å². The van der Waals surface area contributed by atoms with E-state index >= 15 is 0 Å². The third kappa shape index (κ3) is 6.97. The van der Waals surface area contributed by atoms with Gasteiger partial charge < -0.3 is 5.11 Å². The van der Waals surface area contributed by atoms with Crippen molar-refractivity contribution in [2.24, 2.45) is 11.8 Å². The first-order chi connectivity index (χ1) is 14.1. The molecule has 0 spiro atoms. The third-order valence-corrected chi connectivity index (χ3v) is 5.69. The largest absolute Gasteiger partial charge is 0.481 e. The quantitative estimate of drug-likeness (QED) is 0.268. The van der Waals surface area contributed by atoms with Crippen LogP contribution in [0.1, 0.15) is 67.3 Å². The maximum absolute atomic E-state index is 12.9. The zero-order valence-electron chi connectivity index (χ0n) is 16.4. The number of ketones is 2. The summed E-state index contributed by atoms with van der Waals surface area (Å²) >= 11 is 5.91. The maximum Gasteiger partial charge on any atom is 0.416 e. The van der Waals surface area contributed by atoms with Gasteiger partial charge in [0, 0.05) is 24.3 Å². The number of rotatable bonds is 10. The molecule has 30 heavy (non-hydrogen) atoms. The highest BCUT2D eigenvalue weighted by atomic mass is 35.5. The molecule has 0 bridgehead atoms. The van der Waals surface area contributed by atoms with Crippen LogP contribution in [0.15, 0.2) is 30.4 Å². The van der Waals surface area contributed by atoms with E-state index in [1.165, 1.54) is 6.08 Å². The number of carboxylic acid groups (broad SMARTS) is 1. The van der Waals surface area contributed by atoms with Crippen LogP contribution in [-0.4, -0.2) is 22.6 Å². The van der Waals surface area contributed by atoms with Gasteiger partial charge in [0.25, 0.3) is 0 Å². The van der Waals surface area contributed by atoms with E-state index in [0.717, 1.165) is 37.5 Å². The van der Waals surface area contributed by atoms with E-state index in [1.54, 1.807) is 6.08 Å². The van der Waals surface area contributed by atoms with E-state index < -0.39 is 23.5 Å². The van der Waals surface area contributed by atoms with Crippen LogP contribution >= 0.6 is 11.6 Å². The van der Waals surface area contributed by atoms with Crippen LogP contribution in [0.25, 0.3) is 0 Å². The Morgan fingerprint density at radius 1 is 1.17 bits per heavy atom. The summed E-state index contributed by atoms with van der Waals surface area (Å²) in [5.41, 5.74) is -1.16. The molecule has 1 aliphatic carbocycles. The van der Waals surface area contributed by atoms with Crippen molar-refractivity contribution in [3.63, 3.8) is 0 Å². The minimum absolute atomic E-state index is 0.0574. The second kappa shape index (κ2) is 10.8. The Hall–Kier alpha value is -2.15. The van der Waals surface area contributed by atoms with Crippen LogP contribution in [0.2, 0.25) is 5.02 Å². The first-order valence-corrected chi connectivity index (χ1v) is 10.3. The van der Waals surface area contributed by atoms with Gasteiger partial charge in [-0.25, -0.2) is 0 Å². The molecule has 0 aromatic heterocycles. The first kappa shape index (κ1) is 24.1. The Morgan fingerprint density at radius 3 is 2.53 bits per heavy atom. The molecule has 0 aliphatic heterocycles. The summed E-state index contributed by atoms with van der Waals surface area (Å²) in [6, 6.07) is 2.62. The average molecular weight is 445 g/mol. The second-order valence-electron chi connectivity index (χ2n) is 7.54. The summed E-state index contributed by atoms with van der Waals surface area (Å²) in [4.78, 5) is 35.1. The molecule has 1 aliphatic rings. The smallest absolute Gasteiger partial charge is 0.416 e. The SMILES string of the molecule is O=C(O)CCCCCCC1C(=O)CCC1/C=C/C(=O)c1cc(C(F)(F)F)ccc1Cl. The number of aliphatic carboxylic acids is 1. The molecule has 2 unspecified atom stereocenters. The van der Waals surface area contributed by atoms with E-state index in [2.05, 4.69) is 0 Å². The number of hydrogen-bond acceptors (Lipinski definition) is 3. The molecule has 2 atom stereocenters. The Kier molecular flexibility index (Phi) is 8.65. The summed E-state index contributed by atoms with van der Waals surface area (Å²) in [5.74, 6) is -1.68. The van der Waals surface area contributed by atoms with Gasteiger partial charge in [-0.3, -0.25) is 14.4 Å². The topological polar surface area (TPSA) is 71.4 Å². The van der Waals surface area contributed by atoms with Crippen LogP contribution in [0.5, 0.6) is 0 Å². The van der Waals surface area contributed by atoms with Crippen LogP contribution in [0.4, 0.5) is 13.2 Å². The molecule has 1 aromatic carbocycles. The fraction of sp³-hybridized carbons (Fsp3) is 0.500. The molecule has 1 saturated carbocycles. The van der Waals surface area contributed by atoms with E-state index in [0.29, 0.717) is 25.7 Å². The van der Waals surface area contributed by atoms with Gasteiger partial charge in [-0.15, -0.1) is 0 Å². The van der Waals surface area contributed by atoms with Crippen LogP contribution in [0, 0.1) is 11.8 Å². The zero-order chi connectivity index (χ0) is 22.3. The second-order valence-corrected chi connectivity index (χ2v) is 7.94. The van der Waals surface area contributed by atoms with Crippen LogP contribution in [-0.2, 0) is 15.8 Å². The monoisotopic (exact) mass is 444 g/mol. The number of hydrogen-bond donors (Lipinski definition) is 1. The summed E-state index contributed by atoms with van der Waals surface area (Å²) in [6.07, 6.45) is 3.04. The van der Waals surface area contributed by atoms with Gasteiger partial charge in [-0.2, -0.15) is 13.2 Å². The van der Waals surface area contributed by atoms with Crippen molar-refractivity contribution >= 4 is 29.1 Å². The van der Waals surface area contributed by atoms with Gasteiger partial charge in [0.15, 0.2) is 5.78 Å². The van der Waals surface area contributed by atoms with Crippen molar-refractivity contribution in [3.8, 4) is 0 Å². The van der Waals surface area contributed by atoms with Crippen molar-refractivity contribution < 1.29 is 32.7 Å². The van der Waals surface area contributed by atoms with Crippen molar-refractivity contribution in [3.05, 3.63) is 46.5 Å². The predicted molar refractivity (Wildman–Crippen MR) is 106 cm³/mol. The number of carbonyl (C=O) groups is 3. The molecule has 1 fully saturated rings. The average Bonchev–Trinajstić information content (AvgIpc) is 3.01. The molecule has 1 aromatic rings. The Balaban J connectivity index is 1.96. The van der Waals surface area contributed by atoms with Gasteiger partial charge in [0.05, 0.1) is 10.6 Å². The van der Waals surface area contributed by atoms with E-state index in [9.17, 15) is 27.6 Å². The molecule has 0 radical (unpaired) electrons. The number of unbranched alkanes of at least 4 members (excludes halogenated alkanes) is 3. The number of carboxylic acids is 1. The van der Waals surface area contributed by atoms with Crippen molar-refractivity contribution in [1.82, 2.24) is 0 Å². The molecular formula is C22H24ClF3O4. The molecule has 164 valence electrons. The molecule has 0 saturated heterocycles. The molecule has 0 amide bonds. The Labute approximate surface area is 178 Å². The summed E-state index contributed by atoms with van der Waals surface area (Å²) in [7, 11) is 0. The highest BCUT2D eigenvalue weighted by Gasteiger charge is 2.33. The van der Waals surface area contributed by atoms with Crippen molar-refractivity contribution in [1.29, 1.82) is 0 Å². The molecule has 0 heterocycles. The predicted octanol–water partition coefficient (Wildman–Crippen LogP) is 6.12. The van der Waals surface area contributed by atoms with E-state index in [-0.39, 0.29) is 34.6 Å². The Bertz CT molecular complexity index is 817. The van der Waals surface area contributed by atoms with E-state index in [4.69, 9.17) is 16.7 Å². The normalized spacial score (nSPS) is 19.5. The lowest BCUT2D eigenvalue weighted by Gasteiger charge is -2.15. The lowest BCUT2D eigenvalue weighted by Crippen LogP contribution is -2.13. The number of halogens is 4. The van der Waals surface area contributed by atoms with Crippen LogP contribution in [0.3, 0.4) is 0 Å². The Morgan fingerprint density at radius 2 is 1.87 bits per heavy atom. The lowest BCUT2D eigenvalue weighted by molar-refractivity contribution is -0.138. The van der Waals surface area contributed by atoms with Crippen molar-refractivity contribution in [2.75, 3.05) is 0 Å². The molecular weight excluding hydrogens is 421 g/mol. The first-order valence-electron chi connectivity index (χ1n) is 9.93. The number of allylic oxidation sites excluding steroid dienone is 2. The van der Waals surface area contributed by atoms with Gasteiger partial charge >= 0.3 is 12.1 Å². The lowest BCUT2D eigenvalue weighted by atomic mass is 9.89. The van der Waals surface area contributed by atoms with Crippen LogP contribution < -0.4 is 0 Å². The number of benzene rings is 1. The fourth-order valence-corrected chi connectivity index (χ4v) is 3.94. The van der Waals surface area contributed by atoms with Gasteiger partial charge in [-0.1, -0.05) is 36.9 Å². The molecule has 8 heteroatoms. The van der Waals surface area contributed by atoms with Gasteiger partial charge in [0.1, 0.15) is 5.78 Å². The third-order valence-electron chi connectivity index (χ3n) is 5.36. The van der Waals surface area contributed by atoms with Gasteiger partial charge in [-0.05, 0) is 49.5 Å². The fourth-order valence-electron chi connectivity index (χ4n) is 3.72.